The predicted molar refractivity (Wildman–Crippen MR) is 88.9 cm³/mol. The second-order valence-corrected chi connectivity index (χ2v) is 5.72. The van der Waals surface area contributed by atoms with E-state index in [4.69, 9.17) is 11.6 Å². The highest BCUT2D eigenvalue weighted by atomic mass is 35.5. The lowest BCUT2D eigenvalue weighted by Gasteiger charge is -2.10. The molecule has 0 spiro atoms. The maximum atomic E-state index is 13.1. The molecule has 0 bridgehead atoms. The molecule has 1 amide bonds. The van der Waals surface area contributed by atoms with Crippen LogP contribution in [0.25, 0.3) is 10.8 Å². The number of carbonyl (C=O) groups is 1. The van der Waals surface area contributed by atoms with Gasteiger partial charge in [0.25, 0.3) is 5.91 Å². The van der Waals surface area contributed by atoms with Gasteiger partial charge in [-0.05, 0) is 29.7 Å². The quantitative estimate of drug-likeness (QED) is 0.720. The Morgan fingerprint density at radius 2 is 1.91 bits per heavy atom. The molecular weight excluding hydrogens is 315 g/mol. The van der Waals surface area contributed by atoms with E-state index < -0.39 is 11.9 Å². The molecule has 0 aliphatic carbocycles. The molecule has 0 radical (unpaired) electrons. The molecule has 3 rings (SSSR count). The van der Waals surface area contributed by atoms with Crippen molar-refractivity contribution in [2.24, 2.45) is 0 Å². The minimum absolute atomic E-state index is 0.175. The van der Waals surface area contributed by atoms with Gasteiger partial charge in [-0.1, -0.05) is 29.8 Å². The van der Waals surface area contributed by atoms with Gasteiger partial charge in [-0.25, -0.2) is 4.39 Å². The first-order valence-corrected chi connectivity index (χ1v) is 7.58. The molecule has 1 heterocycles. The molecule has 116 valence electrons. The zero-order valence-corrected chi connectivity index (χ0v) is 13.2. The number of nitrogens with one attached hydrogen (secondary N) is 1. The summed E-state index contributed by atoms with van der Waals surface area (Å²) in [6.45, 7) is 1.79. The third-order valence-electron chi connectivity index (χ3n) is 3.73. The average Bonchev–Trinajstić information content (AvgIpc) is 2.56. The van der Waals surface area contributed by atoms with Crippen LogP contribution in [0.4, 0.5) is 10.1 Å². The van der Waals surface area contributed by atoms with Gasteiger partial charge in [0, 0.05) is 18.4 Å². The van der Waals surface area contributed by atoms with Crippen LogP contribution in [-0.2, 0) is 4.79 Å². The van der Waals surface area contributed by atoms with Crippen LogP contribution >= 0.6 is 11.6 Å². The number of nitrogens with zero attached hydrogens (tertiary/aromatic N) is 1. The number of fused-ring (bicyclic) bond motifs is 1. The zero-order chi connectivity index (χ0) is 16.4. The number of aromatic nitrogens is 1. The van der Waals surface area contributed by atoms with Crippen LogP contribution in [-0.4, -0.2) is 5.91 Å². The van der Waals surface area contributed by atoms with Crippen molar-refractivity contribution in [3.8, 4) is 0 Å². The van der Waals surface area contributed by atoms with Gasteiger partial charge in [-0.3, -0.25) is 4.79 Å². The van der Waals surface area contributed by atoms with Crippen LogP contribution in [0.3, 0.4) is 0 Å². The third kappa shape index (κ3) is 3.32. The summed E-state index contributed by atoms with van der Waals surface area (Å²) in [6, 6.07) is 13.4. The summed E-state index contributed by atoms with van der Waals surface area (Å²) in [5.41, 5.74) is 0.395. The first-order chi connectivity index (χ1) is 11.0. The molecule has 0 saturated heterocycles. The molecule has 1 aromatic heterocycles. The molecule has 0 fully saturated rings. The number of amides is 1. The van der Waals surface area contributed by atoms with E-state index >= 15 is 0 Å². The van der Waals surface area contributed by atoms with E-state index in [1.807, 2.05) is 47.3 Å². The molecule has 0 saturated carbocycles. The fourth-order valence-corrected chi connectivity index (χ4v) is 2.57. The molecular formula is C18H15ClFN2O+. The van der Waals surface area contributed by atoms with Crippen LogP contribution < -0.4 is 9.88 Å². The first-order valence-electron chi connectivity index (χ1n) is 7.20. The van der Waals surface area contributed by atoms with E-state index in [9.17, 15) is 9.18 Å². The van der Waals surface area contributed by atoms with E-state index in [1.54, 1.807) is 6.92 Å². The summed E-state index contributed by atoms with van der Waals surface area (Å²) in [4.78, 5) is 12.4. The van der Waals surface area contributed by atoms with E-state index in [0.717, 1.165) is 10.8 Å². The maximum Gasteiger partial charge on any atom is 0.293 e. The van der Waals surface area contributed by atoms with Crippen LogP contribution in [0.1, 0.15) is 13.0 Å². The van der Waals surface area contributed by atoms with Crippen LogP contribution in [0.2, 0.25) is 5.02 Å². The molecule has 1 atom stereocenters. The topological polar surface area (TPSA) is 33.0 Å². The van der Waals surface area contributed by atoms with E-state index in [2.05, 4.69) is 5.32 Å². The number of halogens is 2. The lowest BCUT2D eigenvalue weighted by molar-refractivity contribution is -0.704. The van der Waals surface area contributed by atoms with E-state index in [0.29, 0.717) is 5.69 Å². The standard InChI is InChI=1S/C18H14ClFN2O/c1-12(18(23)21-17-7-6-15(20)10-16(17)19)22-9-8-13-4-2-3-5-14(13)11-22/h2-12H,1H3/p+1/t12-/m1/s1. The normalized spacial score (nSPS) is 12.1. The number of hydrogen-bond donors (Lipinski definition) is 1. The second kappa shape index (κ2) is 6.34. The predicted octanol–water partition coefficient (Wildman–Crippen LogP) is 4.12. The summed E-state index contributed by atoms with van der Waals surface area (Å²) in [7, 11) is 0. The number of pyridine rings is 1. The zero-order valence-electron chi connectivity index (χ0n) is 12.5. The Hall–Kier alpha value is -2.46. The highest BCUT2D eigenvalue weighted by Crippen LogP contribution is 2.23. The van der Waals surface area contributed by atoms with Crippen LogP contribution in [0.5, 0.6) is 0 Å². The average molecular weight is 330 g/mol. The van der Waals surface area contributed by atoms with Gasteiger partial charge in [0.05, 0.1) is 10.7 Å². The molecule has 0 aliphatic heterocycles. The minimum atomic E-state index is -0.440. The lowest BCUT2D eigenvalue weighted by Crippen LogP contribution is -2.44. The van der Waals surface area contributed by atoms with E-state index in [-0.39, 0.29) is 10.9 Å². The Labute approximate surface area is 138 Å². The number of anilines is 1. The van der Waals surface area contributed by atoms with Crippen LogP contribution in [0.15, 0.2) is 60.9 Å². The number of rotatable bonds is 3. The van der Waals surface area contributed by atoms with Crippen molar-refractivity contribution in [2.75, 3.05) is 5.32 Å². The molecule has 1 N–H and O–H groups in total. The molecule has 3 nitrogen and oxygen atoms in total. The van der Waals surface area contributed by atoms with Crippen molar-refractivity contribution >= 4 is 34.0 Å². The molecule has 0 aliphatic rings. The fraction of sp³-hybridized carbons (Fsp3) is 0.111. The highest BCUT2D eigenvalue weighted by molar-refractivity contribution is 6.33. The van der Waals surface area contributed by atoms with Gasteiger partial charge in [0.2, 0.25) is 6.04 Å². The number of benzene rings is 2. The van der Waals surface area contributed by atoms with Crippen LogP contribution in [0, 0.1) is 5.82 Å². The molecule has 3 aromatic rings. The Balaban J connectivity index is 1.83. The van der Waals surface area contributed by atoms with Crippen molar-refractivity contribution in [3.63, 3.8) is 0 Å². The smallest absolute Gasteiger partial charge is 0.293 e. The summed E-state index contributed by atoms with van der Waals surface area (Å²) in [5, 5.41) is 5.06. The Morgan fingerprint density at radius 1 is 1.17 bits per heavy atom. The van der Waals surface area contributed by atoms with Gasteiger partial charge < -0.3 is 5.32 Å². The summed E-state index contributed by atoms with van der Waals surface area (Å²) in [6.07, 6.45) is 3.78. The van der Waals surface area contributed by atoms with Crippen molar-refractivity contribution < 1.29 is 13.8 Å². The maximum absolute atomic E-state index is 13.1. The summed E-state index contributed by atoms with van der Waals surface area (Å²) in [5.74, 6) is -0.663. The monoisotopic (exact) mass is 329 g/mol. The van der Waals surface area contributed by atoms with Crippen molar-refractivity contribution in [1.29, 1.82) is 0 Å². The third-order valence-corrected chi connectivity index (χ3v) is 4.04. The number of carbonyl (C=O) groups excluding carboxylic acids is 1. The molecule has 2 aromatic carbocycles. The fourth-order valence-electron chi connectivity index (χ4n) is 2.35. The molecule has 23 heavy (non-hydrogen) atoms. The van der Waals surface area contributed by atoms with Gasteiger partial charge in [0.1, 0.15) is 5.82 Å². The Kier molecular flexibility index (Phi) is 4.26. The SMILES string of the molecule is C[C@H](C(=O)Nc1ccc(F)cc1Cl)[n+]1ccc2ccccc2c1. The summed E-state index contributed by atoms with van der Waals surface area (Å²) < 4.78 is 14.9. The van der Waals surface area contributed by atoms with E-state index in [1.165, 1.54) is 18.2 Å². The molecule has 0 unspecified atom stereocenters. The van der Waals surface area contributed by atoms with Gasteiger partial charge in [-0.2, -0.15) is 4.57 Å². The Morgan fingerprint density at radius 3 is 2.65 bits per heavy atom. The highest BCUT2D eigenvalue weighted by Gasteiger charge is 2.23. The van der Waals surface area contributed by atoms with Gasteiger partial charge in [-0.15, -0.1) is 0 Å². The Bertz CT molecular complexity index is 882. The van der Waals surface area contributed by atoms with Crippen molar-refractivity contribution in [3.05, 3.63) is 71.8 Å². The van der Waals surface area contributed by atoms with Gasteiger partial charge >= 0.3 is 0 Å². The minimum Gasteiger partial charge on any atom is -0.319 e. The molecule has 5 heteroatoms. The summed E-state index contributed by atoms with van der Waals surface area (Å²) >= 11 is 5.94. The largest absolute Gasteiger partial charge is 0.319 e. The van der Waals surface area contributed by atoms with Gasteiger partial charge in [0.15, 0.2) is 12.4 Å². The van der Waals surface area contributed by atoms with Crippen molar-refractivity contribution in [2.45, 2.75) is 13.0 Å². The van der Waals surface area contributed by atoms with Crippen molar-refractivity contribution in [1.82, 2.24) is 0 Å². The first kappa shape index (κ1) is 15.4. The lowest BCUT2D eigenvalue weighted by atomic mass is 10.1. The number of hydrogen-bond acceptors (Lipinski definition) is 1. The second-order valence-electron chi connectivity index (χ2n) is 5.31.